The van der Waals surface area contributed by atoms with E-state index in [0.717, 1.165) is 44.7 Å². The smallest absolute Gasteiger partial charge is 0.278 e. The number of amides is 1. The summed E-state index contributed by atoms with van der Waals surface area (Å²) in [4.78, 5) is 19.1. The number of rotatable bonds is 4. The lowest BCUT2D eigenvalue weighted by Gasteiger charge is -2.28. The SMILES string of the molecule is Cl.Cl.O=C(Nc1ccc(N2CCCCC2)cn1)c1cn(C2CCNCC2)nn1. The number of hydrogen-bond acceptors (Lipinski definition) is 6. The van der Waals surface area contributed by atoms with Crippen molar-refractivity contribution < 1.29 is 4.79 Å². The minimum atomic E-state index is -0.275. The number of nitrogens with one attached hydrogen (secondary N) is 2. The van der Waals surface area contributed by atoms with Crippen LogP contribution in [0.2, 0.25) is 0 Å². The Bertz CT molecular complexity index is 741. The number of carbonyl (C=O) groups is 1. The van der Waals surface area contributed by atoms with E-state index in [2.05, 4.69) is 30.8 Å². The molecule has 8 nitrogen and oxygen atoms in total. The molecule has 2 aliphatic rings. The highest BCUT2D eigenvalue weighted by Crippen LogP contribution is 2.20. The first-order valence-corrected chi connectivity index (χ1v) is 9.44. The van der Waals surface area contributed by atoms with Gasteiger partial charge >= 0.3 is 0 Å². The van der Waals surface area contributed by atoms with E-state index in [-0.39, 0.29) is 30.7 Å². The Kier molecular flexibility index (Phi) is 8.47. The van der Waals surface area contributed by atoms with Gasteiger partial charge in [-0.2, -0.15) is 0 Å². The molecule has 154 valence electrons. The maximum Gasteiger partial charge on any atom is 0.278 e. The van der Waals surface area contributed by atoms with E-state index in [1.807, 2.05) is 23.0 Å². The third-order valence-electron chi connectivity index (χ3n) is 5.14. The van der Waals surface area contributed by atoms with Gasteiger partial charge in [-0.1, -0.05) is 5.21 Å². The van der Waals surface area contributed by atoms with Gasteiger partial charge in [0.2, 0.25) is 0 Å². The molecule has 0 saturated carbocycles. The molecule has 0 spiro atoms. The van der Waals surface area contributed by atoms with Crippen molar-refractivity contribution in [2.75, 3.05) is 36.4 Å². The Hall–Kier alpha value is -1.90. The van der Waals surface area contributed by atoms with Crippen molar-refractivity contribution in [1.82, 2.24) is 25.3 Å². The highest BCUT2D eigenvalue weighted by molar-refractivity contribution is 6.02. The minimum absolute atomic E-state index is 0. The summed E-state index contributed by atoms with van der Waals surface area (Å²) in [6, 6.07) is 4.17. The fourth-order valence-corrected chi connectivity index (χ4v) is 3.61. The zero-order valence-corrected chi connectivity index (χ0v) is 17.3. The topological polar surface area (TPSA) is 88.0 Å². The van der Waals surface area contributed by atoms with Crippen LogP contribution in [-0.2, 0) is 0 Å². The van der Waals surface area contributed by atoms with E-state index in [1.165, 1.54) is 19.3 Å². The molecule has 0 bridgehead atoms. The number of pyridine rings is 1. The van der Waals surface area contributed by atoms with Crippen molar-refractivity contribution in [3.8, 4) is 0 Å². The largest absolute Gasteiger partial charge is 0.370 e. The van der Waals surface area contributed by atoms with Gasteiger partial charge in [-0.05, 0) is 57.3 Å². The van der Waals surface area contributed by atoms with E-state index < -0.39 is 0 Å². The average Bonchev–Trinajstić information content (AvgIpc) is 3.20. The van der Waals surface area contributed by atoms with Crippen LogP contribution >= 0.6 is 24.8 Å². The van der Waals surface area contributed by atoms with Gasteiger partial charge in [0.05, 0.1) is 24.1 Å². The molecule has 1 amide bonds. The molecule has 4 heterocycles. The number of aromatic nitrogens is 4. The van der Waals surface area contributed by atoms with Crippen molar-refractivity contribution in [3.63, 3.8) is 0 Å². The second-order valence-corrected chi connectivity index (χ2v) is 6.97. The monoisotopic (exact) mass is 427 g/mol. The molecular weight excluding hydrogens is 401 g/mol. The Morgan fingerprint density at radius 3 is 2.54 bits per heavy atom. The summed E-state index contributed by atoms with van der Waals surface area (Å²) < 4.78 is 1.81. The third kappa shape index (κ3) is 5.33. The fraction of sp³-hybridized carbons (Fsp3) is 0.556. The molecule has 4 rings (SSSR count). The number of carbonyl (C=O) groups excluding carboxylic acids is 1. The molecule has 10 heteroatoms. The summed E-state index contributed by atoms with van der Waals surface area (Å²) in [6.45, 7) is 4.10. The Balaban J connectivity index is 0.00000140. The van der Waals surface area contributed by atoms with Crippen molar-refractivity contribution >= 4 is 42.2 Å². The van der Waals surface area contributed by atoms with Crippen molar-refractivity contribution in [3.05, 3.63) is 30.2 Å². The molecule has 0 aromatic carbocycles. The summed E-state index contributed by atoms with van der Waals surface area (Å²) in [5, 5.41) is 14.3. The van der Waals surface area contributed by atoms with Gasteiger partial charge < -0.3 is 15.5 Å². The molecule has 2 saturated heterocycles. The summed E-state index contributed by atoms with van der Waals surface area (Å²) in [6.07, 6.45) is 9.32. The molecule has 2 aliphatic heterocycles. The van der Waals surface area contributed by atoms with Crippen LogP contribution in [0.25, 0.3) is 0 Å². The predicted molar refractivity (Wildman–Crippen MR) is 114 cm³/mol. The lowest BCUT2D eigenvalue weighted by Crippen LogP contribution is -2.29. The van der Waals surface area contributed by atoms with Crippen LogP contribution in [0.4, 0.5) is 11.5 Å². The maximum atomic E-state index is 12.4. The normalized spacial score (nSPS) is 17.4. The number of hydrogen-bond donors (Lipinski definition) is 2. The van der Waals surface area contributed by atoms with Crippen LogP contribution in [-0.4, -0.2) is 52.1 Å². The van der Waals surface area contributed by atoms with E-state index >= 15 is 0 Å². The molecule has 0 radical (unpaired) electrons. The molecule has 2 fully saturated rings. The van der Waals surface area contributed by atoms with Crippen LogP contribution in [0.3, 0.4) is 0 Å². The third-order valence-corrected chi connectivity index (χ3v) is 5.14. The molecule has 2 aromatic rings. The zero-order chi connectivity index (χ0) is 17.8. The summed E-state index contributed by atoms with van der Waals surface area (Å²) in [5.41, 5.74) is 1.44. The molecule has 28 heavy (non-hydrogen) atoms. The molecule has 0 atom stereocenters. The Labute approximate surface area is 177 Å². The van der Waals surface area contributed by atoms with Gasteiger partial charge in [-0.3, -0.25) is 4.79 Å². The van der Waals surface area contributed by atoms with Crippen LogP contribution in [0.15, 0.2) is 24.5 Å². The lowest BCUT2D eigenvalue weighted by molar-refractivity contribution is 0.102. The number of halogens is 2. The molecular formula is C18H27Cl2N7O. The Morgan fingerprint density at radius 2 is 1.86 bits per heavy atom. The van der Waals surface area contributed by atoms with Crippen LogP contribution in [0.5, 0.6) is 0 Å². The highest BCUT2D eigenvalue weighted by atomic mass is 35.5. The summed E-state index contributed by atoms with van der Waals surface area (Å²) in [5.74, 6) is 0.260. The van der Waals surface area contributed by atoms with Gasteiger partial charge in [0.1, 0.15) is 5.82 Å². The number of anilines is 2. The van der Waals surface area contributed by atoms with E-state index in [9.17, 15) is 4.79 Å². The van der Waals surface area contributed by atoms with Crippen LogP contribution < -0.4 is 15.5 Å². The van der Waals surface area contributed by atoms with E-state index in [0.29, 0.717) is 17.6 Å². The first kappa shape index (κ1) is 22.4. The quantitative estimate of drug-likeness (QED) is 0.779. The standard InChI is InChI=1S/C18H25N7O.2ClH/c26-18(16-13-25(23-22-16)14-6-8-19-9-7-14)21-17-5-4-15(12-20-17)24-10-2-1-3-11-24;;/h4-5,12-14,19H,1-3,6-11H2,(H,20,21,26);2*1H. The van der Waals surface area contributed by atoms with Crippen LogP contribution in [0, 0.1) is 0 Å². The van der Waals surface area contributed by atoms with Gasteiger partial charge in [0.25, 0.3) is 5.91 Å². The van der Waals surface area contributed by atoms with Gasteiger partial charge in [-0.15, -0.1) is 29.9 Å². The summed E-state index contributed by atoms with van der Waals surface area (Å²) in [7, 11) is 0. The van der Waals surface area contributed by atoms with Crippen LogP contribution in [0.1, 0.15) is 48.6 Å². The zero-order valence-electron chi connectivity index (χ0n) is 15.7. The molecule has 0 aliphatic carbocycles. The Morgan fingerprint density at radius 1 is 1.11 bits per heavy atom. The van der Waals surface area contributed by atoms with E-state index in [1.54, 1.807) is 6.20 Å². The van der Waals surface area contributed by atoms with Gasteiger partial charge in [-0.25, -0.2) is 9.67 Å². The molecule has 2 N–H and O–H groups in total. The molecule has 0 unspecified atom stereocenters. The van der Waals surface area contributed by atoms with Crippen molar-refractivity contribution in [2.45, 2.75) is 38.1 Å². The van der Waals surface area contributed by atoms with Gasteiger partial charge in [0, 0.05) is 13.1 Å². The predicted octanol–water partition coefficient (Wildman–Crippen LogP) is 2.68. The first-order valence-electron chi connectivity index (χ1n) is 9.44. The summed E-state index contributed by atoms with van der Waals surface area (Å²) >= 11 is 0. The highest BCUT2D eigenvalue weighted by Gasteiger charge is 2.19. The minimum Gasteiger partial charge on any atom is -0.370 e. The van der Waals surface area contributed by atoms with E-state index in [4.69, 9.17) is 0 Å². The fourth-order valence-electron chi connectivity index (χ4n) is 3.61. The number of piperidine rings is 2. The lowest BCUT2D eigenvalue weighted by atomic mass is 10.1. The second kappa shape index (κ2) is 10.6. The van der Waals surface area contributed by atoms with Crippen molar-refractivity contribution in [2.24, 2.45) is 0 Å². The molecule has 2 aromatic heterocycles. The van der Waals surface area contributed by atoms with Gasteiger partial charge in [0.15, 0.2) is 5.69 Å². The number of nitrogens with zero attached hydrogens (tertiary/aromatic N) is 5. The first-order chi connectivity index (χ1) is 12.8. The maximum absolute atomic E-state index is 12.4. The second-order valence-electron chi connectivity index (χ2n) is 6.97. The van der Waals surface area contributed by atoms with Crippen molar-refractivity contribution in [1.29, 1.82) is 0 Å². The average molecular weight is 428 g/mol.